The van der Waals surface area contributed by atoms with Gasteiger partial charge in [0.05, 0.1) is 6.54 Å². The molecule has 2 aromatic carbocycles. The van der Waals surface area contributed by atoms with Gasteiger partial charge in [0.25, 0.3) is 5.92 Å². The molecule has 8 heteroatoms. The molecule has 1 atom stereocenters. The molecule has 1 aliphatic heterocycles. The van der Waals surface area contributed by atoms with Gasteiger partial charge in [-0.2, -0.15) is 0 Å². The number of hydrogen-bond donors (Lipinski definition) is 2. The summed E-state index contributed by atoms with van der Waals surface area (Å²) in [6.07, 6.45) is 2.27. The van der Waals surface area contributed by atoms with Crippen LogP contribution in [0.25, 0.3) is 21.9 Å². The molecule has 3 N–H and O–H groups in total. The molecule has 1 fully saturated rings. The van der Waals surface area contributed by atoms with Crippen LogP contribution in [0.5, 0.6) is 5.75 Å². The fourth-order valence-electron chi connectivity index (χ4n) is 3.59. The number of fused-ring (bicyclic) bond motifs is 1. The van der Waals surface area contributed by atoms with Gasteiger partial charge in [0, 0.05) is 37.5 Å². The van der Waals surface area contributed by atoms with Crippen LogP contribution in [0.2, 0.25) is 0 Å². The Bertz CT molecular complexity index is 998. The highest BCUT2D eigenvalue weighted by Crippen LogP contribution is 2.33. The Morgan fingerprint density at radius 3 is 2.69 bits per heavy atom. The number of hydrogen-bond acceptors (Lipinski definition) is 6. The lowest BCUT2D eigenvalue weighted by Crippen LogP contribution is -2.35. The number of aromatic nitrogens is 2. The summed E-state index contributed by atoms with van der Waals surface area (Å²) in [6.45, 7) is 0.128. The van der Waals surface area contributed by atoms with Crippen molar-refractivity contribution < 1.29 is 18.6 Å². The van der Waals surface area contributed by atoms with E-state index in [1.807, 2.05) is 36.4 Å². The number of aliphatic hydroxyl groups is 1. The van der Waals surface area contributed by atoms with Crippen molar-refractivity contribution in [3.05, 3.63) is 48.8 Å². The lowest BCUT2D eigenvalue weighted by atomic mass is 10.00. The van der Waals surface area contributed by atoms with Crippen molar-refractivity contribution in [1.82, 2.24) is 14.9 Å². The van der Waals surface area contributed by atoms with Crippen LogP contribution in [-0.4, -0.2) is 58.2 Å². The molecule has 0 radical (unpaired) electrons. The van der Waals surface area contributed by atoms with Crippen molar-refractivity contribution in [3.63, 3.8) is 0 Å². The molecule has 1 saturated heterocycles. The van der Waals surface area contributed by atoms with Crippen molar-refractivity contribution in [2.45, 2.75) is 18.4 Å². The molecule has 4 rings (SSSR count). The van der Waals surface area contributed by atoms with Gasteiger partial charge in [-0.15, -0.1) is 0 Å². The third-order valence-electron chi connectivity index (χ3n) is 4.98. The number of halogens is 2. The standard InChI is InChI=1S/C21H22F2N4O2/c22-21(23)5-6-27(13-21)11-16(28)12-29-17-7-14-3-1-2-4-18(14)19(8-17)15-9-25-20(24)26-10-15/h1-4,7-10,16,28H,5-6,11-13H2,(H2,24,25,26). The van der Waals surface area contributed by atoms with E-state index in [0.717, 1.165) is 21.9 Å². The fourth-order valence-corrected chi connectivity index (χ4v) is 3.59. The molecule has 1 aromatic heterocycles. The minimum absolute atomic E-state index is 0.0120. The normalized spacial score (nSPS) is 17.5. The summed E-state index contributed by atoms with van der Waals surface area (Å²) in [5, 5.41) is 12.2. The van der Waals surface area contributed by atoms with Crippen LogP contribution in [0.15, 0.2) is 48.8 Å². The monoisotopic (exact) mass is 400 g/mol. The Hall–Kier alpha value is -2.84. The van der Waals surface area contributed by atoms with Gasteiger partial charge in [0.2, 0.25) is 5.95 Å². The van der Waals surface area contributed by atoms with Gasteiger partial charge >= 0.3 is 0 Å². The number of aliphatic hydroxyl groups excluding tert-OH is 1. The van der Waals surface area contributed by atoms with Gasteiger partial charge in [-0.05, 0) is 28.5 Å². The van der Waals surface area contributed by atoms with E-state index < -0.39 is 12.0 Å². The van der Waals surface area contributed by atoms with Crippen molar-refractivity contribution in [1.29, 1.82) is 0 Å². The smallest absolute Gasteiger partial charge is 0.261 e. The predicted octanol–water partition coefficient (Wildman–Crippen LogP) is 2.96. The van der Waals surface area contributed by atoms with Gasteiger partial charge in [-0.1, -0.05) is 24.3 Å². The second kappa shape index (κ2) is 7.88. The molecule has 0 spiro atoms. The second-order valence-electron chi connectivity index (χ2n) is 7.33. The maximum atomic E-state index is 13.3. The van der Waals surface area contributed by atoms with Crippen molar-refractivity contribution >= 4 is 16.7 Å². The first-order valence-electron chi connectivity index (χ1n) is 9.41. The highest BCUT2D eigenvalue weighted by Gasteiger charge is 2.38. The highest BCUT2D eigenvalue weighted by atomic mass is 19.3. The molecular weight excluding hydrogens is 378 g/mol. The van der Waals surface area contributed by atoms with Gasteiger partial charge in [0.1, 0.15) is 18.5 Å². The zero-order valence-corrected chi connectivity index (χ0v) is 15.8. The molecule has 1 unspecified atom stereocenters. The average molecular weight is 400 g/mol. The zero-order chi connectivity index (χ0) is 20.4. The van der Waals surface area contributed by atoms with Crippen LogP contribution >= 0.6 is 0 Å². The molecule has 0 bridgehead atoms. The molecule has 2 heterocycles. The van der Waals surface area contributed by atoms with Crippen molar-refractivity contribution in [2.75, 3.05) is 32.0 Å². The number of anilines is 1. The molecule has 1 aliphatic rings. The highest BCUT2D eigenvalue weighted by molar-refractivity contribution is 5.97. The van der Waals surface area contributed by atoms with E-state index in [-0.39, 0.29) is 38.6 Å². The van der Waals surface area contributed by atoms with Gasteiger partial charge < -0.3 is 15.6 Å². The van der Waals surface area contributed by atoms with E-state index in [1.165, 1.54) is 0 Å². The molecule has 3 aromatic rings. The van der Waals surface area contributed by atoms with E-state index in [1.54, 1.807) is 17.3 Å². The molecule has 6 nitrogen and oxygen atoms in total. The quantitative estimate of drug-likeness (QED) is 0.662. The van der Waals surface area contributed by atoms with Crippen LogP contribution in [0, 0.1) is 0 Å². The summed E-state index contributed by atoms with van der Waals surface area (Å²) in [6, 6.07) is 11.6. The maximum absolute atomic E-state index is 13.3. The molecule has 29 heavy (non-hydrogen) atoms. The number of rotatable bonds is 6. The third-order valence-corrected chi connectivity index (χ3v) is 4.98. The summed E-state index contributed by atoms with van der Waals surface area (Å²) in [4.78, 5) is 9.67. The Kier molecular flexibility index (Phi) is 5.29. The van der Waals surface area contributed by atoms with E-state index in [0.29, 0.717) is 5.75 Å². The first-order valence-corrected chi connectivity index (χ1v) is 9.41. The lowest BCUT2D eigenvalue weighted by Gasteiger charge is -2.20. The minimum Gasteiger partial charge on any atom is -0.491 e. The number of benzene rings is 2. The summed E-state index contributed by atoms with van der Waals surface area (Å²) < 4.78 is 32.4. The van der Waals surface area contributed by atoms with Crippen LogP contribution in [0.1, 0.15) is 6.42 Å². The second-order valence-corrected chi connectivity index (χ2v) is 7.33. The number of ether oxygens (including phenoxy) is 1. The van der Waals surface area contributed by atoms with Crippen LogP contribution in [0.4, 0.5) is 14.7 Å². The van der Waals surface area contributed by atoms with Crippen molar-refractivity contribution in [2.24, 2.45) is 0 Å². The largest absolute Gasteiger partial charge is 0.491 e. The van der Waals surface area contributed by atoms with Crippen LogP contribution in [-0.2, 0) is 0 Å². The average Bonchev–Trinajstić information content (AvgIpc) is 3.04. The van der Waals surface area contributed by atoms with E-state index >= 15 is 0 Å². The van der Waals surface area contributed by atoms with Crippen LogP contribution in [0.3, 0.4) is 0 Å². The van der Waals surface area contributed by atoms with E-state index in [4.69, 9.17) is 10.5 Å². The molecule has 152 valence electrons. The molecular formula is C21H22F2N4O2. The number of alkyl halides is 2. The number of nitrogen functional groups attached to an aromatic ring is 1. The lowest BCUT2D eigenvalue weighted by molar-refractivity contribution is 0.00461. The summed E-state index contributed by atoms with van der Waals surface area (Å²) >= 11 is 0. The number of nitrogens with zero attached hydrogens (tertiary/aromatic N) is 3. The molecule has 0 saturated carbocycles. The van der Waals surface area contributed by atoms with Crippen LogP contribution < -0.4 is 10.5 Å². The minimum atomic E-state index is -2.67. The van der Waals surface area contributed by atoms with Gasteiger partial charge in [0.15, 0.2) is 0 Å². The topological polar surface area (TPSA) is 84.5 Å². The Morgan fingerprint density at radius 1 is 1.21 bits per heavy atom. The van der Waals surface area contributed by atoms with Gasteiger partial charge in [-0.25, -0.2) is 18.7 Å². The Labute approximate surface area is 166 Å². The first-order chi connectivity index (χ1) is 13.9. The number of β-amino-alcohol motifs (C(OH)–C–C–N with tert-alkyl or cyclic N) is 1. The van der Waals surface area contributed by atoms with E-state index in [2.05, 4.69) is 9.97 Å². The SMILES string of the molecule is Nc1ncc(-c2cc(OCC(O)CN3CCC(F)(F)C3)cc3ccccc23)cn1. The Balaban J connectivity index is 1.51. The summed E-state index contributed by atoms with van der Waals surface area (Å²) in [5.74, 6) is -1.91. The number of likely N-dealkylation sites (tertiary alicyclic amines) is 1. The fraction of sp³-hybridized carbons (Fsp3) is 0.333. The molecule has 0 aliphatic carbocycles. The summed E-state index contributed by atoms with van der Waals surface area (Å²) in [7, 11) is 0. The van der Waals surface area contributed by atoms with Crippen molar-refractivity contribution in [3.8, 4) is 16.9 Å². The first kappa shape index (κ1) is 19.5. The molecule has 0 amide bonds. The third kappa shape index (κ3) is 4.60. The van der Waals surface area contributed by atoms with Gasteiger partial charge in [-0.3, -0.25) is 4.90 Å². The predicted molar refractivity (Wildman–Crippen MR) is 107 cm³/mol. The maximum Gasteiger partial charge on any atom is 0.261 e. The number of nitrogens with two attached hydrogens (primary N) is 1. The zero-order valence-electron chi connectivity index (χ0n) is 15.8. The van der Waals surface area contributed by atoms with E-state index in [9.17, 15) is 13.9 Å². The summed E-state index contributed by atoms with van der Waals surface area (Å²) in [5.41, 5.74) is 7.26. The Morgan fingerprint density at radius 2 is 1.97 bits per heavy atom.